The minimum Gasteiger partial charge on any atom is -0.373 e. The standard InChI is InChI=1S/C10H16N4O2/c1-7-12-8(14-13-7)9(15)11-6-10(2)4-3-5-16-10/h3-6H2,1-2H3,(H,11,15)(H,12,13,14). The highest BCUT2D eigenvalue weighted by Gasteiger charge is 2.30. The number of aryl methyl sites for hydroxylation is 1. The monoisotopic (exact) mass is 224 g/mol. The molecule has 1 fully saturated rings. The first-order valence-electron chi connectivity index (χ1n) is 5.40. The van der Waals surface area contributed by atoms with Gasteiger partial charge in [-0.1, -0.05) is 0 Å². The highest BCUT2D eigenvalue weighted by molar-refractivity contribution is 5.90. The summed E-state index contributed by atoms with van der Waals surface area (Å²) in [6.07, 6.45) is 2.02. The third-order valence-electron chi connectivity index (χ3n) is 2.72. The third kappa shape index (κ3) is 2.38. The fraction of sp³-hybridized carbons (Fsp3) is 0.700. The Hall–Kier alpha value is -1.43. The summed E-state index contributed by atoms with van der Waals surface area (Å²) in [4.78, 5) is 15.6. The molecule has 2 heterocycles. The summed E-state index contributed by atoms with van der Waals surface area (Å²) in [6, 6.07) is 0. The van der Waals surface area contributed by atoms with Gasteiger partial charge >= 0.3 is 0 Å². The maximum atomic E-state index is 11.6. The van der Waals surface area contributed by atoms with E-state index in [9.17, 15) is 4.79 Å². The van der Waals surface area contributed by atoms with Crippen LogP contribution >= 0.6 is 0 Å². The molecule has 2 N–H and O–H groups in total. The van der Waals surface area contributed by atoms with Crippen molar-refractivity contribution in [2.75, 3.05) is 13.2 Å². The molecule has 0 spiro atoms. The Kier molecular flexibility index (Phi) is 2.91. The lowest BCUT2D eigenvalue weighted by Crippen LogP contribution is -2.40. The minimum atomic E-state index is -0.263. The van der Waals surface area contributed by atoms with Gasteiger partial charge in [0, 0.05) is 13.2 Å². The van der Waals surface area contributed by atoms with E-state index < -0.39 is 0 Å². The molecule has 0 saturated carbocycles. The second-order valence-corrected chi connectivity index (χ2v) is 4.33. The Balaban J connectivity index is 1.88. The Bertz CT molecular complexity index is 382. The van der Waals surface area contributed by atoms with E-state index >= 15 is 0 Å². The first kappa shape index (κ1) is 11.1. The van der Waals surface area contributed by atoms with Crippen LogP contribution in [0, 0.1) is 6.92 Å². The lowest BCUT2D eigenvalue weighted by atomic mass is 10.0. The van der Waals surface area contributed by atoms with Gasteiger partial charge in [-0.25, -0.2) is 4.98 Å². The van der Waals surface area contributed by atoms with Crippen LogP contribution in [-0.2, 0) is 4.74 Å². The van der Waals surface area contributed by atoms with Crippen molar-refractivity contribution in [1.29, 1.82) is 0 Å². The third-order valence-corrected chi connectivity index (χ3v) is 2.72. The number of amides is 1. The molecule has 0 radical (unpaired) electrons. The van der Waals surface area contributed by atoms with Gasteiger partial charge in [0.15, 0.2) is 0 Å². The number of rotatable bonds is 3. The van der Waals surface area contributed by atoms with Crippen LogP contribution in [0.3, 0.4) is 0 Å². The molecule has 0 bridgehead atoms. The second-order valence-electron chi connectivity index (χ2n) is 4.33. The van der Waals surface area contributed by atoms with Gasteiger partial charge in [-0.2, -0.15) is 0 Å². The summed E-state index contributed by atoms with van der Waals surface area (Å²) in [7, 11) is 0. The van der Waals surface area contributed by atoms with Gasteiger partial charge in [0.05, 0.1) is 5.60 Å². The fourth-order valence-corrected chi connectivity index (χ4v) is 1.77. The molecule has 1 unspecified atom stereocenters. The zero-order valence-electron chi connectivity index (χ0n) is 9.54. The number of hydrogen-bond acceptors (Lipinski definition) is 4. The van der Waals surface area contributed by atoms with E-state index in [1.165, 1.54) is 0 Å². The number of ether oxygens (including phenoxy) is 1. The number of nitrogens with one attached hydrogen (secondary N) is 2. The summed E-state index contributed by atoms with van der Waals surface area (Å²) in [5.41, 5.74) is -0.235. The van der Waals surface area contributed by atoms with Crippen LogP contribution < -0.4 is 5.32 Å². The van der Waals surface area contributed by atoms with Gasteiger partial charge in [0.25, 0.3) is 5.91 Å². The molecule has 0 aliphatic carbocycles. The van der Waals surface area contributed by atoms with E-state index in [1.807, 2.05) is 6.92 Å². The SMILES string of the molecule is Cc1nc(C(=O)NCC2(C)CCCO2)n[nH]1. The maximum absolute atomic E-state index is 11.6. The summed E-state index contributed by atoms with van der Waals surface area (Å²) in [5.74, 6) is 0.550. The number of carbonyl (C=O) groups is 1. The van der Waals surface area contributed by atoms with Crippen molar-refractivity contribution in [3.05, 3.63) is 11.6 Å². The molecule has 6 heteroatoms. The quantitative estimate of drug-likeness (QED) is 0.779. The smallest absolute Gasteiger partial charge is 0.291 e. The maximum Gasteiger partial charge on any atom is 0.291 e. The molecule has 16 heavy (non-hydrogen) atoms. The molecule has 1 aliphatic rings. The van der Waals surface area contributed by atoms with Crippen molar-refractivity contribution in [3.63, 3.8) is 0 Å². The first-order chi connectivity index (χ1) is 7.59. The van der Waals surface area contributed by atoms with E-state index in [0.717, 1.165) is 19.4 Å². The molecule has 88 valence electrons. The van der Waals surface area contributed by atoms with Gasteiger partial charge in [0.1, 0.15) is 5.82 Å². The van der Waals surface area contributed by atoms with E-state index in [-0.39, 0.29) is 17.3 Å². The van der Waals surface area contributed by atoms with Crippen LogP contribution in [0.15, 0.2) is 0 Å². The summed E-state index contributed by atoms with van der Waals surface area (Å²) < 4.78 is 5.57. The van der Waals surface area contributed by atoms with Crippen molar-refractivity contribution in [3.8, 4) is 0 Å². The number of hydrogen-bond donors (Lipinski definition) is 2. The van der Waals surface area contributed by atoms with E-state index in [2.05, 4.69) is 20.5 Å². The minimum absolute atomic E-state index is 0.180. The molecule has 1 aromatic heterocycles. The van der Waals surface area contributed by atoms with Gasteiger partial charge in [-0.3, -0.25) is 9.89 Å². The second kappa shape index (κ2) is 4.21. The van der Waals surface area contributed by atoms with Crippen molar-refractivity contribution in [2.45, 2.75) is 32.3 Å². The predicted molar refractivity (Wildman–Crippen MR) is 57.0 cm³/mol. The predicted octanol–water partition coefficient (Wildman–Crippen LogP) is 0.412. The summed E-state index contributed by atoms with van der Waals surface area (Å²) in [5, 5.41) is 9.21. The number of H-pyrrole nitrogens is 1. The molecular weight excluding hydrogens is 208 g/mol. The molecule has 0 aromatic carbocycles. The lowest BCUT2D eigenvalue weighted by molar-refractivity contribution is 0.0205. The van der Waals surface area contributed by atoms with Crippen LogP contribution in [0.5, 0.6) is 0 Å². The molecule has 1 saturated heterocycles. The van der Waals surface area contributed by atoms with Crippen LogP contribution in [0.1, 0.15) is 36.2 Å². The number of aromatic amines is 1. The van der Waals surface area contributed by atoms with E-state index in [4.69, 9.17) is 4.74 Å². The Morgan fingerprint density at radius 3 is 3.06 bits per heavy atom. The summed E-state index contributed by atoms with van der Waals surface area (Å²) in [6.45, 7) is 5.03. The Morgan fingerprint density at radius 1 is 1.69 bits per heavy atom. The number of nitrogens with zero attached hydrogens (tertiary/aromatic N) is 2. The van der Waals surface area contributed by atoms with Gasteiger partial charge in [-0.15, -0.1) is 5.10 Å². The van der Waals surface area contributed by atoms with Gasteiger partial charge in [0.2, 0.25) is 5.82 Å². The number of carbonyl (C=O) groups excluding carboxylic acids is 1. The number of aromatic nitrogens is 3. The van der Waals surface area contributed by atoms with Crippen molar-refractivity contribution in [2.24, 2.45) is 0 Å². The normalized spacial score (nSPS) is 24.6. The average molecular weight is 224 g/mol. The largest absolute Gasteiger partial charge is 0.373 e. The molecule has 1 amide bonds. The van der Waals surface area contributed by atoms with Crippen molar-refractivity contribution >= 4 is 5.91 Å². The molecule has 6 nitrogen and oxygen atoms in total. The Morgan fingerprint density at radius 2 is 2.50 bits per heavy atom. The van der Waals surface area contributed by atoms with Crippen LogP contribution in [0.4, 0.5) is 0 Å². The molecule has 1 atom stereocenters. The van der Waals surface area contributed by atoms with Crippen LogP contribution in [-0.4, -0.2) is 39.8 Å². The topological polar surface area (TPSA) is 79.9 Å². The van der Waals surface area contributed by atoms with Crippen LogP contribution in [0.2, 0.25) is 0 Å². The highest BCUT2D eigenvalue weighted by Crippen LogP contribution is 2.23. The molecular formula is C10H16N4O2. The first-order valence-corrected chi connectivity index (χ1v) is 5.40. The Labute approximate surface area is 93.8 Å². The van der Waals surface area contributed by atoms with Crippen molar-refractivity contribution < 1.29 is 9.53 Å². The zero-order valence-corrected chi connectivity index (χ0v) is 9.54. The van der Waals surface area contributed by atoms with Gasteiger partial charge in [-0.05, 0) is 26.7 Å². The molecule has 1 aliphatic heterocycles. The van der Waals surface area contributed by atoms with E-state index in [0.29, 0.717) is 12.4 Å². The fourth-order valence-electron chi connectivity index (χ4n) is 1.77. The summed E-state index contributed by atoms with van der Waals surface area (Å²) >= 11 is 0. The van der Waals surface area contributed by atoms with E-state index in [1.54, 1.807) is 6.92 Å². The highest BCUT2D eigenvalue weighted by atomic mass is 16.5. The molecule has 1 aromatic rings. The zero-order chi connectivity index (χ0) is 11.6. The van der Waals surface area contributed by atoms with Gasteiger partial charge < -0.3 is 10.1 Å². The average Bonchev–Trinajstić information content (AvgIpc) is 2.85. The van der Waals surface area contributed by atoms with Crippen molar-refractivity contribution in [1.82, 2.24) is 20.5 Å². The van der Waals surface area contributed by atoms with Crippen LogP contribution in [0.25, 0.3) is 0 Å². The molecule has 2 rings (SSSR count). The lowest BCUT2D eigenvalue weighted by Gasteiger charge is -2.22.